The summed E-state index contributed by atoms with van der Waals surface area (Å²) in [7, 11) is 0. The Bertz CT molecular complexity index is 871. The number of aliphatic imine (C=N–C) groups is 1. The number of halogens is 1. The highest BCUT2D eigenvalue weighted by Gasteiger charge is 2.08. The molecule has 1 unspecified atom stereocenters. The third kappa shape index (κ3) is 7.81. The van der Waals surface area contributed by atoms with E-state index in [4.69, 9.17) is 4.99 Å². The van der Waals surface area contributed by atoms with Crippen LogP contribution in [0.25, 0.3) is 0 Å². The summed E-state index contributed by atoms with van der Waals surface area (Å²) in [5.74, 6) is 0.866. The molecule has 0 aliphatic heterocycles. The van der Waals surface area contributed by atoms with Crippen molar-refractivity contribution >= 4 is 41.3 Å². The molecule has 156 valence electrons. The molecule has 2 aromatic heterocycles. The number of hydrogen-bond acceptors (Lipinski definition) is 3. The Morgan fingerprint density at radius 3 is 2.55 bits per heavy atom. The highest BCUT2D eigenvalue weighted by atomic mass is 127. The molecule has 2 N–H and O–H groups in total. The molecule has 3 aromatic rings. The van der Waals surface area contributed by atoms with E-state index in [9.17, 15) is 0 Å². The second-order valence-corrected chi connectivity index (χ2v) is 8.38. The van der Waals surface area contributed by atoms with Gasteiger partial charge in [-0.3, -0.25) is 0 Å². The Labute approximate surface area is 194 Å². The zero-order valence-electron chi connectivity index (χ0n) is 17.3. The molecule has 1 atom stereocenters. The molecular formula is C22H30IN5S. The Morgan fingerprint density at radius 1 is 1.17 bits per heavy atom. The van der Waals surface area contributed by atoms with Crippen LogP contribution in [0.5, 0.6) is 0 Å². The Morgan fingerprint density at radius 2 is 1.93 bits per heavy atom. The molecule has 0 spiro atoms. The minimum absolute atomic E-state index is 0. The molecule has 29 heavy (non-hydrogen) atoms. The van der Waals surface area contributed by atoms with Gasteiger partial charge in [-0.1, -0.05) is 24.3 Å². The van der Waals surface area contributed by atoms with Gasteiger partial charge in [0.25, 0.3) is 0 Å². The SMILES string of the molecule is CCNC(=NCc1ccc(Cn2ccnc2)cc1)NC(C)Cc1ccc(C)s1.I. The number of thiophene rings is 1. The molecule has 0 bridgehead atoms. The molecule has 0 amide bonds. The van der Waals surface area contributed by atoms with Crippen molar-refractivity contribution in [2.24, 2.45) is 4.99 Å². The van der Waals surface area contributed by atoms with Crippen LogP contribution in [-0.2, 0) is 19.5 Å². The zero-order chi connectivity index (χ0) is 19.8. The molecule has 3 rings (SSSR count). The number of hydrogen-bond donors (Lipinski definition) is 2. The average molecular weight is 523 g/mol. The van der Waals surface area contributed by atoms with Crippen LogP contribution in [0.4, 0.5) is 0 Å². The summed E-state index contributed by atoms with van der Waals surface area (Å²) in [6, 6.07) is 13.3. The molecule has 2 heterocycles. The first-order valence-electron chi connectivity index (χ1n) is 9.76. The minimum atomic E-state index is 0. The van der Waals surface area contributed by atoms with Gasteiger partial charge in [0.05, 0.1) is 12.9 Å². The number of aryl methyl sites for hydroxylation is 1. The van der Waals surface area contributed by atoms with Gasteiger partial charge in [-0.15, -0.1) is 35.3 Å². The van der Waals surface area contributed by atoms with E-state index in [1.807, 2.05) is 23.9 Å². The molecular weight excluding hydrogens is 493 g/mol. The smallest absolute Gasteiger partial charge is 0.191 e. The first kappa shape index (κ1) is 23.4. The molecule has 0 aliphatic rings. The number of aromatic nitrogens is 2. The third-order valence-electron chi connectivity index (χ3n) is 4.40. The summed E-state index contributed by atoms with van der Waals surface area (Å²) in [4.78, 5) is 11.6. The predicted molar refractivity (Wildman–Crippen MR) is 133 cm³/mol. The lowest BCUT2D eigenvalue weighted by Gasteiger charge is -2.17. The van der Waals surface area contributed by atoms with E-state index in [1.54, 1.807) is 6.20 Å². The fraction of sp³-hybridized carbons (Fsp3) is 0.364. The van der Waals surface area contributed by atoms with Crippen LogP contribution in [0.1, 0.15) is 34.7 Å². The number of rotatable bonds is 8. The Hall–Kier alpha value is -1.87. The van der Waals surface area contributed by atoms with Crippen molar-refractivity contribution in [2.45, 2.75) is 46.3 Å². The van der Waals surface area contributed by atoms with Gasteiger partial charge in [-0.25, -0.2) is 9.98 Å². The molecule has 1 aromatic carbocycles. The van der Waals surface area contributed by atoms with Crippen LogP contribution in [0.15, 0.2) is 60.1 Å². The zero-order valence-corrected chi connectivity index (χ0v) is 20.4. The maximum absolute atomic E-state index is 4.76. The monoisotopic (exact) mass is 523 g/mol. The summed E-state index contributed by atoms with van der Waals surface area (Å²) >= 11 is 1.86. The first-order chi connectivity index (χ1) is 13.6. The van der Waals surface area contributed by atoms with Crippen LogP contribution in [0.2, 0.25) is 0 Å². The van der Waals surface area contributed by atoms with Crippen molar-refractivity contribution in [3.8, 4) is 0 Å². The largest absolute Gasteiger partial charge is 0.357 e. The van der Waals surface area contributed by atoms with E-state index >= 15 is 0 Å². The lowest BCUT2D eigenvalue weighted by Crippen LogP contribution is -2.43. The summed E-state index contributed by atoms with van der Waals surface area (Å²) in [6.07, 6.45) is 6.63. The quantitative estimate of drug-likeness (QED) is 0.258. The second kappa shape index (κ2) is 12.0. The van der Waals surface area contributed by atoms with Crippen LogP contribution in [0.3, 0.4) is 0 Å². The van der Waals surface area contributed by atoms with Crippen molar-refractivity contribution < 1.29 is 0 Å². The summed E-state index contributed by atoms with van der Waals surface area (Å²) in [5.41, 5.74) is 2.46. The normalized spacial score (nSPS) is 12.3. The predicted octanol–water partition coefficient (Wildman–Crippen LogP) is 4.61. The Kier molecular flexibility index (Phi) is 9.66. The van der Waals surface area contributed by atoms with E-state index in [1.165, 1.54) is 20.9 Å². The summed E-state index contributed by atoms with van der Waals surface area (Å²) in [5, 5.41) is 6.87. The van der Waals surface area contributed by atoms with Crippen molar-refractivity contribution in [3.05, 3.63) is 76.0 Å². The van der Waals surface area contributed by atoms with Gasteiger partial charge < -0.3 is 15.2 Å². The minimum Gasteiger partial charge on any atom is -0.357 e. The van der Waals surface area contributed by atoms with E-state index in [-0.39, 0.29) is 24.0 Å². The van der Waals surface area contributed by atoms with E-state index in [0.29, 0.717) is 12.6 Å². The maximum atomic E-state index is 4.76. The van der Waals surface area contributed by atoms with E-state index in [2.05, 4.69) is 77.4 Å². The number of nitrogens with zero attached hydrogens (tertiary/aromatic N) is 3. The van der Waals surface area contributed by atoms with Crippen LogP contribution in [-0.4, -0.2) is 28.1 Å². The highest BCUT2D eigenvalue weighted by molar-refractivity contribution is 14.0. The summed E-state index contributed by atoms with van der Waals surface area (Å²) in [6.45, 7) is 8.79. The van der Waals surface area contributed by atoms with Crippen molar-refractivity contribution in [1.29, 1.82) is 0 Å². The van der Waals surface area contributed by atoms with Gasteiger partial charge >= 0.3 is 0 Å². The van der Waals surface area contributed by atoms with Gasteiger partial charge in [0.1, 0.15) is 0 Å². The number of benzene rings is 1. The van der Waals surface area contributed by atoms with Crippen LogP contribution >= 0.6 is 35.3 Å². The van der Waals surface area contributed by atoms with Crippen molar-refractivity contribution in [1.82, 2.24) is 20.2 Å². The van der Waals surface area contributed by atoms with E-state index < -0.39 is 0 Å². The van der Waals surface area contributed by atoms with Gasteiger partial charge in [0.15, 0.2) is 5.96 Å². The lowest BCUT2D eigenvalue weighted by molar-refractivity contribution is 0.645. The average Bonchev–Trinajstić information content (AvgIpc) is 3.33. The van der Waals surface area contributed by atoms with Gasteiger partial charge in [0, 0.05) is 47.7 Å². The number of guanidine groups is 1. The number of imidazole rings is 1. The van der Waals surface area contributed by atoms with Crippen molar-refractivity contribution in [3.63, 3.8) is 0 Å². The summed E-state index contributed by atoms with van der Waals surface area (Å²) < 4.78 is 2.07. The highest BCUT2D eigenvalue weighted by Crippen LogP contribution is 2.16. The van der Waals surface area contributed by atoms with Gasteiger partial charge in [-0.2, -0.15) is 0 Å². The first-order valence-corrected chi connectivity index (χ1v) is 10.6. The van der Waals surface area contributed by atoms with Gasteiger partial charge in [0.2, 0.25) is 0 Å². The molecule has 5 nitrogen and oxygen atoms in total. The molecule has 0 radical (unpaired) electrons. The fourth-order valence-electron chi connectivity index (χ4n) is 3.01. The molecule has 0 fully saturated rings. The standard InChI is InChI=1S/C22H29N5S.HI/c1-4-24-22(26-17(2)13-21-10-5-18(3)28-21)25-14-19-6-8-20(9-7-19)15-27-12-11-23-16-27;/h5-12,16-17H,4,13-15H2,1-3H3,(H2,24,25,26);1H. The maximum Gasteiger partial charge on any atom is 0.191 e. The number of nitrogens with one attached hydrogen (secondary N) is 2. The molecule has 0 saturated heterocycles. The fourth-order valence-corrected chi connectivity index (χ4v) is 4.03. The third-order valence-corrected chi connectivity index (χ3v) is 5.42. The molecule has 7 heteroatoms. The molecule has 0 saturated carbocycles. The van der Waals surface area contributed by atoms with Crippen molar-refractivity contribution in [2.75, 3.05) is 6.54 Å². The second-order valence-electron chi connectivity index (χ2n) is 7.01. The topological polar surface area (TPSA) is 54.2 Å². The molecule has 0 aliphatic carbocycles. The van der Waals surface area contributed by atoms with E-state index in [0.717, 1.165) is 25.5 Å². The Balaban J connectivity index is 0.00000300. The van der Waals surface area contributed by atoms with Crippen LogP contribution < -0.4 is 10.6 Å². The van der Waals surface area contributed by atoms with Crippen LogP contribution in [0, 0.1) is 6.92 Å². The van der Waals surface area contributed by atoms with Gasteiger partial charge in [-0.05, 0) is 44.0 Å². The lowest BCUT2D eigenvalue weighted by atomic mass is 10.1.